The number of imidazole rings is 1. The third-order valence-electron chi connectivity index (χ3n) is 11.7. The van der Waals surface area contributed by atoms with E-state index in [1.807, 2.05) is 12.4 Å². The molecule has 2 aliphatic carbocycles. The maximum absolute atomic E-state index is 5.31. The lowest BCUT2D eigenvalue weighted by molar-refractivity contribution is 0.670. The molecule has 0 saturated heterocycles. The van der Waals surface area contributed by atoms with E-state index in [9.17, 15) is 0 Å². The van der Waals surface area contributed by atoms with Crippen LogP contribution in [0, 0.1) is 5.92 Å². The molecule has 2 heterocycles. The van der Waals surface area contributed by atoms with Crippen LogP contribution in [0.25, 0.3) is 60.8 Å². The number of hydrogen-bond acceptors (Lipinski definition) is 3. The Balaban J connectivity index is 1.18. The third-order valence-corrected chi connectivity index (χ3v) is 11.7. The van der Waals surface area contributed by atoms with Gasteiger partial charge in [0.15, 0.2) is 0 Å². The predicted molar refractivity (Wildman–Crippen MR) is 241 cm³/mol. The summed E-state index contributed by atoms with van der Waals surface area (Å²) in [5.41, 5.74) is 12.4. The minimum atomic E-state index is 0.267. The van der Waals surface area contributed by atoms with E-state index in [4.69, 9.17) is 4.98 Å². The van der Waals surface area contributed by atoms with Crippen LogP contribution in [0.3, 0.4) is 0 Å². The molecule has 0 N–H and O–H groups in total. The van der Waals surface area contributed by atoms with E-state index in [1.54, 1.807) is 0 Å². The summed E-state index contributed by atoms with van der Waals surface area (Å²) in [6, 6.07) is 58.9. The first kappa shape index (κ1) is 33.8. The second-order valence-corrected chi connectivity index (χ2v) is 15.0. The number of fused-ring (bicyclic) bond motifs is 4. The van der Waals surface area contributed by atoms with Crippen molar-refractivity contribution in [2.24, 2.45) is 5.92 Å². The third kappa shape index (κ3) is 5.69. The van der Waals surface area contributed by atoms with Crippen LogP contribution >= 0.6 is 0 Å². The summed E-state index contributed by atoms with van der Waals surface area (Å²) in [5.74, 6) is 1.49. The summed E-state index contributed by atoms with van der Waals surface area (Å²) in [7, 11) is 0. The first-order valence-electron chi connectivity index (χ1n) is 19.9. The zero-order valence-corrected chi connectivity index (χ0v) is 31.7. The van der Waals surface area contributed by atoms with Crippen molar-refractivity contribution < 1.29 is 0 Å². The number of anilines is 3. The molecule has 0 radical (unpaired) electrons. The minimum Gasteiger partial charge on any atom is -0.309 e. The monoisotopic (exact) mass is 742 g/mol. The van der Waals surface area contributed by atoms with E-state index in [0.717, 1.165) is 55.9 Å². The summed E-state index contributed by atoms with van der Waals surface area (Å²) >= 11 is 0. The van der Waals surface area contributed by atoms with E-state index in [0.29, 0.717) is 5.92 Å². The van der Waals surface area contributed by atoms with Gasteiger partial charge in [0.05, 0.1) is 16.7 Å². The van der Waals surface area contributed by atoms with Crippen LogP contribution in [0.15, 0.2) is 224 Å². The van der Waals surface area contributed by atoms with Crippen LogP contribution in [0.5, 0.6) is 0 Å². The number of benzene rings is 7. The van der Waals surface area contributed by atoms with Gasteiger partial charge in [-0.25, -0.2) is 4.98 Å². The molecule has 0 spiro atoms. The maximum Gasteiger partial charge on any atom is 0.145 e. The quantitative estimate of drug-likeness (QED) is 0.153. The van der Waals surface area contributed by atoms with Gasteiger partial charge in [-0.15, -0.1) is 0 Å². The molecule has 4 heteroatoms. The van der Waals surface area contributed by atoms with Gasteiger partial charge in [-0.05, 0) is 87.6 Å². The Morgan fingerprint density at radius 2 is 1.21 bits per heavy atom. The van der Waals surface area contributed by atoms with Crippen molar-refractivity contribution in [3.05, 3.63) is 230 Å². The highest BCUT2D eigenvalue weighted by atomic mass is 15.1. The van der Waals surface area contributed by atoms with E-state index in [-0.39, 0.29) is 5.92 Å². The van der Waals surface area contributed by atoms with Crippen LogP contribution in [-0.2, 0) is 0 Å². The van der Waals surface area contributed by atoms with Crippen molar-refractivity contribution in [3.63, 3.8) is 0 Å². The zero-order valence-electron chi connectivity index (χ0n) is 31.7. The number of aromatic nitrogens is 3. The standard InChI is InChI=1S/C54H38N4/c1-3-15-39(16-4-1)52-46-21-9-10-22-48(46)53(49-36-40(28-31-47(49)52)54-56-50-24-11-12-25-51(50)58(54)41-18-5-2-6-19-41)57(43-32-34-55-35-33-43)42-29-26-38(27-30-42)45-23-13-17-37-14-7-8-20-44(37)45/h1-36,44-45H. The molecule has 9 aromatic rings. The Kier molecular flexibility index (Phi) is 8.25. The highest BCUT2D eigenvalue weighted by molar-refractivity contribution is 6.23. The topological polar surface area (TPSA) is 34.0 Å². The second kappa shape index (κ2) is 14.2. The van der Waals surface area contributed by atoms with E-state index >= 15 is 0 Å². The van der Waals surface area contributed by atoms with Crippen LogP contribution in [0.1, 0.15) is 11.5 Å². The average Bonchev–Trinajstić information content (AvgIpc) is 3.70. The molecular formula is C54H38N4. The van der Waals surface area contributed by atoms with Gasteiger partial charge < -0.3 is 4.90 Å². The van der Waals surface area contributed by atoms with E-state index < -0.39 is 0 Å². The fourth-order valence-corrected chi connectivity index (χ4v) is 9.05. The van der Waals surface area contributed by atoms with Crippen LogP contribution < -0.4 is 4.90 Å². The van der Waals surface area contributed by atoms with Crippen molar-refractivity contribution in [2.45, 2.75) is 5.92 Å². The summed E-state index contributed by atoms with van der Waals surface area (Å²) in [4.78, 5) is 12.2. The first-order chi connectivity index (χ1) is 28.8. The number of allylic oxidation sites excluding steroid dienone is 8. The van der Waals surface area contributed by atoms with Crippen LogP contribution in [0.4, 0.5) is 17.1 Å². The number of hydrogen-bond donors (Lipinski definition) is 0. The molecule has 274 valence electrons. The molecule has 58 heavy (non-hydrogen) atoms. The first-order valence-corrected chi connectivity index (χ1v) is 19.9. The summed E-state index contributed by atoms with van der Waals surface area (Å²) in [6.45, 7) is 0. The Morgan fingerprint density at radius 3 is 2.03 bits per heavy atom. The Bertz CT molecular complexity index is 3100. The van der Waals surface area contributed by atoms with Crippen molar-refractivity contribution in [3.8, 4) is 28.2 Å². The molecule has 0 amide bonds. The molecule has 2 aliphatic rings. The number of nitrogens with zero attached hydrogens (tertiary/aromatic N) is 4. The molecular weight excluding hydrogens is 705 g/mol. The smallest absolute Gasteiger partial charge is 0.145 e. The lowest BCUT2D eigenvalue weighted by Crippen LogP contribution is -2.15. The molecule has 0 saturated carbocycles. The maximum atomic E-state index is 5.31. The average molecular weight is 743 g/mol. The molecule has 7 aromatic carbocycles. The Hall–Kier alpha value is -7.56. The van der Waals surface area contributed by atoms with Gasteiger partial charge in [0, 0.05) is 57.6 Å². The van der Waals surface area contributed by atoms with E-state index in [2.05, 4.69) is 221 Å². The summed E-state index contributed by atoms with van der Waals surface area (Å²) < 4.78 is 2.28. The SMILES string of the molecule is C1=CC2=CC=CC(c3ccc(N(c4ccncc4)c4c5ccccc5c(-c5ccccc5)c5ccc(-c6nc7ccccc7n6-c6ccccc6)cc45)cc3)C2C=C1. The van der Waals surface area contributed by atoms with E-state index in [1.165, 1.54) is 33.0 Å². The number of pyridine rings is 1. The largest absolute Gasteiger partial charge is 0.309 e. The zero-order chi connectivity index (χ0) is 38.4. The van der Waals surface area contributed by atoms with Crippen molar-refractivity contribution in [1.29, 1.82) is 0 Å². The van der Waals surface area contributed by atoms with Gasteiger partial charge in [0.25, 0.3) is 0 Å². The highest BCUT2D eigenvalue weighted by Crippen LogP contribution is 2.49. The number of rotatable bonds is 7. The normalized spacial score (nSPS) is 15.8. The van der Waals surface area contributed by atoms with Crippen LogP contribution in [0.2, 0.25) is 0 Å². The molecule has 2 aromatic heterocycles. The Morgan fingerprint density at radius 1 is 0.517 bits per heavy atom. The van der Waals surface area contributed by atoms with Crippen molar-refractivity contribution >= 4 is 49.6 Å². The molecule has 2 atom stereocenters. The minimum absolute atomic E-state index is 0.267. The second-order valence-electron chi connectivity index (χ2n) is 15.0. The van der Waals surface area contributed by atoms with Gasteiger partial charge in [-0.2, -0.15) is 0 Å². The van der Waals surface area contributed by atoms with Crippen LogP contribution in [-0.4, -0.2) is 14.5 Å². The van der Waals surface area contributed by atoms with Crippen molar-refractivity contribution in [1.82, 2.24) is 14.5 Å². The molecule has 4 nitrogen and oxygen atoms in total. The molecule has 11 rings (SSSR count). The lowest BCUT2D eigenvalue weighted by atomic mass is 9.76. The molecule has 0 aliphatic heterocycles. The molecule has 0 fully saturated rings. The van der Waals surface area contributed by atoms with Gasteiger partial charge in [0.1, 0.15) is 5.82 Å². The van der Waals surface area contributed by atoms with Gasteiger partial charge in [-0.1, -0.05) is 152 Å². The Labute approximate surface area is 337 Å². The van der Waals surface area contributed by atoms with Gasteiger partial charge in [-0.3, -0.25) is 9.55 Å². The lowest BCUT2D eigenvalue weighted by Gasteiger charge is -2.31. The summed E-state index contributed by atoms with van der Waals surface area (Å²) in [5, 5.41) is 4.66. The fraction of sp³-hybridized carbons (Fsp3) is 0.0370. The fourth-order valence-electron chi connectivity index (χ4n) is 9.05. The number of para-hydroxylation sites is 3. The highest BCUT2D eigenvalue weighted by Gasteiger charge is 2.27. The van der Waals surface area contributed by atoms with Gasteiger partial charge in [0.2, 0.25) is 0 Å². The van der Waals surface area contributed by atoms with Crippen molar-refractivity contribution in [2.75, 3.05) is 4.90 Å². The predicted octanol–water partition coefficient (Wildman–Crippen LogP) is 13.9. The molecule has 2 unspecified atom stereocenters. The van der Waals surface area contributed by atoms with Gasteiger partial charge >= 0.3 is 0 Å². The summed E-state index contributed by atoms with van der Waals surface area (Å²) in [6.07, 6.45) is 19.4. The molecule has 0 bridgehead atoms.